The number of aromatic nitrogens is 1. The van der Waals surface area contributed by atoms with Gasteiger partial charge >= 0.3 is 0 Å². The summed E-state index contributed by atoms with van der Waals surface area (Å²) in [5, 5.41) is 1.73. The van der Waals surface area contributed by atoms with E-state index in [9.17, 15) is 12.8 Å². The van der Waals surface area contributed by atoms with Gasteiger partial charge in [-0.05, 0) is 79.3 Å². The molecule has 1 aliphatic rings. The summed E-state index contributed by atoms with van der Waals surface area (Å²) in [4.78, 5) is 0.280. The Morgan fingerprint density at radius 3 is 2.26 bits per heavy atom. The van der Waals surface area contributed by atoms with Gasteiger partial charge in [0.2, 0.25) is 10.0 Å². The molecule has 1 fully saturated rings. The minimum atomic E-state index is -3.54. The molecule has 3 aromatic carbocycles. The quantitative estimate of drug-likeness (QED) is 0.322. The number of fused-ring (bicyclic) bond motifs is 1. The first kappa shape index (κ1) is 23.1. The molecule has 0 aliphatic carbocycles. The predicted octanol–water partition coefficient (Wildman–Crippen LogP) is 6.36. The molecular formula is C27H26ClFN2O2S. The van der Waals surface area contributed by atoms with E-state index in [4.69, 9.17) is 11.6 Å². The van der Waals surface area contributed by atoms with E-state index < -0.39 is 10.0 Å². The molecule has 0 amide bonds. The molecular weight excluding hydrogens is 471 g/mol. The van der Waals surface area contributed by atoms with Crippen LogP contribution in [0.15, 0.2) is 77.7 Å². The van der Waals surface area contributed by atoms with Crippen molar-refractivity contribution < 1.29 is 12.8 Å². The molecule has 7 heteroatoms. The third kappa shape index (κ3) is 4.26. The van der Waals surface area contributed by atoms with Gasteiger partial charge in [0, 0.05) is 41.3 Å². The van der Waals surface area contributed by atoms with Gasteiger partial charge in [0.05, 0.1) is 4.90 Å². The molecule has 0 saturated carbocycles. The van der Waals surface area contributed by atoms with E-state index in [1.54, 1.807) is 28.6 Å². The lowest BCUT2D eigenvalue weighted by Gasteiger charge is -2.31. The second-order valence-corrected chi connectivity index (χ2v) is 11.2. The molecule has 0 bridgehead atoms. The van der Waals surface area contributed by atoms with Crippen molar-refractivity contribution in [1.82, 2.24) is 8.87 Å². The molecule has 4 nitrogen and oxygen atoms in total. The van der Waals surface area contributed by atoms with Gasteiger partial charge in [0.25, 0.3) is 0 Å². The smallest absolute Gasteiger partial charge is 0.243 e. The Bertz CT molecular complexity index is 1420. The zero-order valence-corrected chi connectivity index (χ0v) is 20.5. The van der Waals surface area contributed by atoms with Gasteiger partial charge < -0.3 is 4.57 Å². The summed E-state index contributed by atoms with van der Waals surface area (Å²) in [6.45, 7) is 3.76. The van der Waals surface area contributed by atoms with Crippen LogP contribution in [0.2, 0.25) is 5.02 Å². The fourth-order valence-electron chi connectivity index (χ4n) is 5.09. The third-order valence-electron chi connectivity index (χ3n) is 6.85. The summed E-state index contributed by atoms with van der Waals surface area (Å²) >= 11 is 5.93. The lowest BCUT2D eigenvalue weighted by molar-refractivity contribution is 0.319. The zero-order chi connectivity index (χ0) is 23.9. The van der Waals surface area contributed by atoms with Crippen LogP contribution in [0.4, 0.5) is 4.39 Å². The van der Waals surface area contributed by atoms with Gasteiger partial charge in [0.1, 0.15) is 5.82 Å². The van der Waals surface area contributed by atoms with Crippen molar-refractivity contribution in [2.75, 3.05) is 13.1 Å². The Hall–Kier alpha value is -2.67. The maximum absolute atomic E-state index is 13.4. The number of para-hydroxylation sites is 1. The lowest BCUT2D eigenvalue weighted by Crippen LogP contribution is -2.38. The van der Waals surface area contributed by atoms with E-state index >= 15 is 0 Å². The van der Waals surface area contributed by atoms with Crippen molar-refractivity contribution in [2.45, 2.75) is 37.1 Å². The van der Waals surface area contributed by atoms with Crippen LogP contribution in [0.1, 0.15) is 35.6 Å². The highest BCUT2D eigenvalue weighted by Gasteiger charge is 2.32. The number of hydrogen-bond acceptors (Lipinski definition) is 2. The lowest BCUT2D eigenvalue weighted by atomic mass is 9.88. The number of hydrogen-bond donors (Lipinski definition) is 0. The first-order valence-corrected chi connectivity index (χ1v) is 13.2. The second kappa shape index (κ2) is 9.17. The maximum Gasteiger partial charge on any atom is 0.243 e. The monoisotopic (exact) mass is 496 g/mol. The highest BCUT2D eigenvalue weighted by atomic mass is 35.5. The van der Waals surface area contributed by atoms with Crippen LogP contribution in [0, 0.1) is 12.7 Å². The van der Waals surface area contributed by atoms with Crippen molar-refractivity contribution in [3.05, 3.63) is 100 Å². The van der Waals surface area contributed by atoms with Crippen molar-refractivity contribution >= 4 is 32.5 Å². The molecule has 4 aromatic rings. The van der Waals surface area contributed by atoms with Gasteiger partial charge in [-0.2, -0.15) is 4.31 Å². The Labute approximate surface area is 204 Å². The highest BCUT2D eigenvalue weighted by Crippen LogP contribution is 2.38. The van der Waals surface area contributed by atoms with E-state index in [-0.39, 0.29) is 16.6 Å². The summed E-state index contributed by atoms with van der Waals surface area (Å²) in [7, 11) is -3.54. The number of sulfonamides is 1. The van der Waals surface area contributed by atoms with Crippen LogP contribution in [-0.2, 0) is 16.6 Å². The van der Waals surface area contributed by atoms with E-state index in [1.165, 1.54) is 28.8 Å². The molecule has 5 rings (SSSR count). The summed E-state index contributed by atoms with van der Waals surface area (Å²) in [5.74, 6) is 0.0369. The summed E-state index contributed by atoms with van der Waals surface area (Å²) in [6.07, 6.45) is 1.52. The molecule has 176 valence electrons. The van der Waals surface area contributed by atoms with Crippen LogP contribution in [0.3, 0.4) is 0 Å². The Kier molecular flexibility index (Phi) is 6.23. The van der Waals surface area contributed by atoms with Crippen molar-refractivity contribution in [3.63, 3.8) is 0 Å². The van der Waals surface area contributed by atoms with Gasteiger partial charge in [-0.1, -0.05) is 41.9 Å². The van der Waals surface area contributed by atoms with E-state index in [0.29, 0.717) is 24.7 Å². The van der Waals surface area contributed by atoms with Gasteiger partial charge in [0.15, 0.2) is 0 Å². The van der Waals surface area contributed by atoms with E-state index in [0.717, 1.165) is 23.9 Å². The van der Waals surface area contributed by atoms with Crippen LogP contribution >= 0.6 is 11.6 Å². The standard InChI is InChI=1S/C27H26ClFN2O2S/c1-19-27(21-14-16-30(17-15-21)34(32,33)24-12-8-22(28)9-13-24)25-4-2-3-5-26(25)31(19)18-20-6-10-23(29)11-7-20/h2-13,21H,14-18H2,1H3. The molecule has 0 unspecified atom stereocenters. The fraction of sp³-hybridized carbons (Fsp3) is 0.259. The van der Waals surface area contributed by atoms with Crippen LogP contribution in [0.5, 0.6) is 0 Å². The number of halogens is 2. The number of benzene rings is 3. The van der Waals surface area contributed by atoms with Gasteiger partial charge in [-0.15, -0.1) is 0 Å². The average molecular weight is 497 g/mol. The Morgan fingerprint density at radius 1 is 0.941 bits per heavy atom. The minimum Gasteiger partial charge on any atom is -0.340 e. The van der Waals surface area contributed by atoms with Crippen LogP contribution in [-0.4, -0.2) is 30.4 Å². The second-order valence-electron chi connectivity index (χ2n) is 8.86. The number of rotatable bonds is 5. The molecule has 34 heavy (non-hydrogen) atoms. The molecule has 0 N–H and O–H groups in total. The van der Waals surface area contributed by atoms with Crippen LogP contribution in [0.25, 0.3) is 10.9 Å². The van der Waals surface area contributed by atoms with E-state index in [2.05, 4.69) is 23.6 Å². The molecule has 2 heterocycles. The first-order chi connectivity index (χ1) is 16.3. The average Bonchev–Trinajstić information content (AvgIpc) is 3.12. The van der Waals surface area contributed by atoms with Crippen molar-refractivity contribution in [3.8, 4) is 0 Å². The Balaban J connectivity index is 1.42. The van der Waals surface area contributed by atoms with Crippen molar-refractivity contribution in [1.29, 1.82) is 0 Å². The van der Waals surface area contributed by atoms with Crippen molar-refractivity contribution in [2.24, 2.45) is 0 Å². The molecule has 0 spiro atoms. The molecule has 0 radical (unpaired) electrons. The Morgan fingerprint density at radius 2 is 1.59 bits per heavy atom. The third-order valence-corrected chi connectivity index (χ3v) is 9.01. The minimum absolute atomic E-state index is 0.237. The zero-order valence-electron chi connectivity index (χ0n) is 18.9. The first-order valence-electron chi connectivity index (χ1n) is 11.4. The normalized spacial score (nSPS) is 15.7. The summed E-state index contributed by atoms with van der Waals surface area (Å²) in [6, 6.07) is 21.3. The van der Waals surface area contributed by atoms with Gasteiger partial charge in [-0.3, -0.25) is 0 Å². The largest absolute Gasteiger partial charge is 0.340 e. The topological polar surface area (TPSA) is 42.3 Å². The molecule has 1 saturated heterocycles. The highest BCUT2D eigenvalue weighted by molar-refractivity contribution is 7.89. The number of piperidine rings is 1. The molecule has 0 atom stereocenters. The van der Waals surface area contributed by atoms with E-state index in [1.807, 2.05) is 24.3 Å². The number of nitrogens with zero attached hydrogens (tertiary/aromatic N) is 2. The fourth-order valence-corrected chi connectivity index (χ4v) is 6.69. The molecule has 1 aliphatic heterocycles. The molecule has 1 aromatic heterocycles. The SMILES string of the molecule is Cc1c(C2CCN(S(=O)(=O)c3ccc(Cl)cc3)CC2)c2ccccc2n1Cc1ccc(F)cc1. The van der Waals surface area contributed by atoms with Gasteiger partial charge in [-0.25, -0.2) is 12.8 Å². The predicted molar refractivity (Wildman–Crippen MR) is 134 cm³/mol. The summed E-state index contributed by atoms with van der Waals surface area (Å²) < 4.78 is 43.5. The summed E-state index contributed by atoms with van der Waals surface area (Å²) in [5.41, 5.74) is 4.67. The maximum atomic E-state index is 13.4. The van der Waals surface area contributed by atoms with Crippen LogP contribution < -0.4 is 0 Å².